The minimum absolute atomic E-state index is 0.111. The number of nitrogens with one attached hydrogen (secondary N) is 3. The van der Waals surface area contributed by atoms with Gasteiger partial charge in [0.25, 0.3) is 10.0 Å². The van der Waals surface area contributed by atoms with Crippen LogP contribution in [0.4, 0.5) is 5.95 Å². The van der Waals surface area contributed by atoms with Gasteiger partial charge in [0.2, 0.25) is 5.95 Å². The first-order valence-corrected chi connectivity index (χ1v) is 9.69. The van der Waals surface area contributed by atoms with E-state index >= 15 is 0 Å². The lowest BCUT2D eigenvalue weighted by molar-refractivity contribution is 0.607. The Kier molecular flexibility index (Phi) is 6.33. The van der Waals surface area contributed by atoms with Gasteiger partial charge in [-0.3, -0.25) is 0 Å². The Morgan fingerprint density at radius 1 is 1.27 bits per heavy atom. The zero-order valence-electron chi connectivity index (χ0n) is 14.6. The Hall–Kier alpha value is -2.45. The van der Waals surface area contributed by atoms with E-state index in [0.29, 0.717) is 5.69 Å². The molecular formula is C17H20ClN5O2S. The highest BCUT2D eigenvalue weighted by Crippen LogP contribution is 2.29. The van der Waals surface area contributed by atoms with E-state index in [2.05, 4.69) is 33.9 Å². The molecule has 0 spiro atoms. The predicted octanol–water partition coefficient (Wildman–Crippen LogP) is 3.37. The van der Waals surface area contributed by atoms with Crippen molar-refractivity contribution in [2.24, 2.45) is 0 Å². The number of halogens is 1. The summed E-state index contributed by atoms with van der Waals surface area (Å²) in [6, 6.07) is 9.29. The zero-order valence-corrected chi connectivity index (χ0v) is 16.2. The fraction of sp³-hybridized carbons (Fsp3) is 0.235. The second-order valence-electron chi connectivity index (χ2n) is 5.73. The molecule has 1 aromatic carbocycles. The molecule has 2 aromatic rings. The summed E-state index contributed by atoms with van der Waals surface area (Å²) < 4.78 is 27.0. The van der Waals surface area contributed by atoms with Crippen LogP contribution in [0.15, 0.2) is 41.4 Å². The third-order valence-corrected chi connectivity index (χ3v) is 5.02. The first kappa shape index (κ1) is 19.9. The van der Waals surface area contributed by atoms with E-state index in [9.17, 15) is 8.42 Å². The molecule has 7 nitrogen and oxygen atoms in total. The molecule has 0 saturated heterocycles. The summed E-state index contributed by atoms with van der Waals surface area (Å²) in [6.45, 7) is 4.12. The number of anilines is 1. The number of benzene rings is 1. The number of aromatic nitrogens is 2. The maximum absolute atomic E-state index is 12.4. The highest BCUT2D eigenvalue weighted by atomic mass is 35.5. The summed E-state index contributed by atoms with van der Waals surface area (Å²) in [4.78, 5) is 7.98. The number of nitrogens with zero attached hydrogens (tertiary/aromatic N) is 2. The molecule has 0 amide bonds. The molecule has 26 heavy (non-hydrogen) atoms. The van der Waals surface area contributed by atoms with Crippen molar-refractivity contribution in [1.29, 1.82) is 5.41 Å². The average molecular weight is 394 g/mol. The van der Waals surface area contributed by atoms with Crippen LogP contribution in [0.1, 0.15) is 25.3 Å². The summed E-state index contributed by atoms with van der Waals surface area (Å²) >= 11 is 6.08. The van der Waals surface area contributed by atoms with Gasteiger partial charge in [0.05, 0.1) is 5.69 Å². The smallest absolute Gasteiger partial charge is 0.267 e. The molecule has 0 radical (unpaired) electrons. The van der Waals surface area contributed by atoms with E-state index in [-0.39, 0.29) is 21.9 Å². The van der Waals surface area contributed by atoms with Crippen molar-refractivity contribution >= 4 is 33.8 Å². The van der Waals surface area contributed by atoms with Gasteiger partial charge in [-0.2, -0.15) is 0 Å². The first-order valence-electron chi connectivity index (χ1n) is 7.83. The Morgan fingerprint density at radius 2 is 1.96 bits per heavy atom. The van der Waals surface area contributed by atoms with Crippen LogP contribution < -0.4 is 10.0 Å². The second-order valence-corrected chi connectivity index (χ2v) is 7.80. The van der Waals surface area contributed by atoms with Crippen LogP contribution in [-0.4, -0.2) is 31.6 Å². The molecule has 0 saturated carbocycles. The molecule has 0 aliphatic heterocycles. The van der Waals surface area contributed by atoms with Gasteiger partial charge in [0.1, 0.15) is 10.1 Å². The molecule has 0 aliphatic rings. The lowest BCUT2D eigenvalue weighted by atomic mass is 9.95. The van der Waals surface area contributed by atoms with E-state index in [1.165, 1.54) is 13.2 Å². The molecule has 0 fully saturated rings. The van der Waals surface area contributed by atoms with Crippen molar-refractivity contribution in [1.82, 2.24) is 15.3 Å². The van der Waals surface area contributed by atoms with Crippen LogP contribution in [-0.2, 0) is 10.0 Å². The maximum atomic E-state index is 12.4. The van der Waals surface area contributed by atoms with Crippen molar-refractivity contribution in [2.75, 3.05) is 11.8 Å². The SMILES string of the molecule is CN/C=C(\C=N)S(=O)(=O)Nc1nc(Cl)cc(-c2ccccc2C(C)C)n1. The van der Waals surface area contributed by atoms with E-state index in [0.717, 1.165) is 17.3 Å². The molecule has 1 aromatic heterocycles. The van der Waals surface area contributed by atoms with Gasteiger partial charge in [-0.1, -0.05) is 49.7 Å². The second kappa shape index (κ2) is 8.29. The Balaban J connectivity index is 2.50. The third-order valence-electron chi connectivity index (χ3n) is 3.52. The van der Waals surface area contributed by atoms with Gasteiger partial charge in [0.15, 0.2) is 0 Å². The van der Waals surface area contributed by atoms with Crippen molar-refractivity contribution in [3.05, 3.63) is 52.2 Å². The van der Waals surface area contributed by atoms with Gasteiger partial charge in [-0.05, 0) is 11.5 Å². The van der Waals surface area contributed by atoms with Gasteiger partial charge < -0.3 is 10.7 Å². The van der Waals surface area contributed by atoms with Crippen molar-refractivity contribution in [2.45, 2.75) is 19.8 Å². The number of hydrogen-bond donors (Lipinski definition) is 3. The van der Waals surface area contributed by atoms with Gasteiger partial charge in [0, 0.05) is 31.1 Å². The van der Waals surface area contributed by atoms with Crippen LogP contribution in [0.3, 0.4) is 0 Å². The molecule has 0 unspecified atom stereocenters. The average Bonchev–Trinajstić information content (AvgIpc) is 2.58. The number of allylic oxidation sites excluding steroid dienone is 1. The molecule has 3 N–H and O–H groups in total. The van der Waals surface area contributed by atoms with Gasteiger partial charge >= 0.3 is 0 Å². The Bertz CT molecular complexity index is 942. The molecule has 0 atom stereocenters. The summed E-state index contributed by atoms with van der Waals surface area (Å²) in [6.07, 6.45) is 1.91. The highest BCUT2D eigenvalue weighted by molar-refractivity contribution is 7.97. The minimum Gasteiger partial charge on any atom is -0.393 e. The van der Waals surface area contributed by atoms with Crippen LogP contribution in [0.25, 0.3) is 11.3 Å². The molecule has 0 bridgehead atoms. The quantitative estimate of drug-likeness (QED) is 0.493. The largest absolute Gasteiger partial charge is 0.393 e. The first-order chi connectivity index (χ1) is 12.3. The van der Waals surface area contributed by atoms with E-state index < -0.39 is 10.0 Å². The summed E-state index contributed by atoms with van der Waals surface area (Å²) in [7, 11) is -2.47. The molecule has 1 heterocycles. The molecule has 2 rings (SSSR count). The number of hydrogen-bond acceptors (Lipinski definition) is 6. The van der Waals surface area contributed by atoms with Crippen molar-refractivity contribution < 1.29 is 8.42 Å². The van der Waals surface area contributed by atoms with E-state index in [1.54, 1.807) is 6.07 Å². The summed E-state index contributed by atoms with van der Waals surface area (Å²) in [5.74, 6) is 0.0954. The number of sulfonamides is 1. The molecular weight excluding hydrogens is 374 g/mol. The fourth-order valence-corrected chi connectivity index (χ4v) is 3.41. The van der Waals surface area contributed by atoms with Gasteiger partial charge in [-0.25, -0.2) is 23.1 Å². The van der Waals surface area contributed by atoms with Crippen LogP contribution >= 0.6 is 11.6 Å². The van der Waals surface area contributed by atoms with Crippen molar-refractivity contribution in [3.63, 3.8) is 0 Å². The standard InChI is InChI=1S/C17H20ClN5O2S/c1-11(2)13-6-4-5-7-14(13)15-8-16(18)22-17(21-15)23-26(24,25)12(9-19)10-20-3/h4-11,19-20H,1-3H3,(H,21,22,23)/b12-10+,19-9?. The summed E-state index contributed by atoms with van der Waals surface area (Å²) in [5.41, 5.74) is 2.43. The molecule has 138 valence electrons. The predicted molar refractivity (Wildman–Crippen MR) is 105 cm³/mol. The number of rotatable bonds is 7. The Morgan fingerprint density at radius 3 is 2.58 bits per heavy atom. The Labute approximate surface area is 158 Å². The monoisotopic (exact) mass is 393 g/mol. The van der Waals surface area contributed by atoms with Crippen LogP contribution in [0.5, 0.6) is 0 Å². The highest BCUT2D eigenvalue weighted by Gasteiger charge is 2.19. The van der Waals surface area contributed by atoms with E-state index in [1.807, 2.05) is 24.3 Å². The van der Waals surface area contributed by atoms with Gasteiger partial charge in [-0.15, -0.1) is 0 Å². The summed E-state index contributed by atoms with van der Waals surface area (Å²) in [5, 5.41) is 9.95. The van der Waals surface area contributed by atoms with Crippen LogP contribution in [0, 0.1) is 5.41 Å². The molecule has 9 heteroatoms. The maximum Gasteiger partial charge on any atom is 0.267 e. The third kappa shape index (κ3) is 4.59. The minimum atomic E-state index is -4.01. The van der Waals surface area contributed by atoms with Crippen molar-refractivity contribution in [3.8, 4) is 11.3 Å². The lowest BCUT2D eigenvalue weighted by Crippen LogP contribution is -2.19. The topological polar surface area (TPSA) is 108 Å². The zero-order chi connectivity index (χ0) is 19.3. The molecule has 0 aliphatic carbocycles. The normalized spacial score (nSPS) is 12.1. The lowest BCUT2D eigenvalue weighted by Gasteiger charge is -2.13. The van der Waals surface area contributed by atoms with E-state index in [4.69, 9.17) is 17.0 Å². The fourth-order valence-electron chi connectivity index (χ4n) is 2.35. The van der Waals surface area contributed by atoms with Crippen LogP contribution in [0.2, 0.25) is 5.15 Å².